The number of Topliss-reactive ketones (excluding diaryl/α,β-unsaturated/α-hetero) is 1. The molecule has 0 saturated heterocycles. The summed E-state index contributed by atoms with van der Waals surface area (Å²) in [6.45, 7) is 9.88. The zero-order chi connectivity index (χ0) is 22.5. The first-order chi connectivity index (χ1) is 14.8. The molecule has 0 fully saturated rings. The number of aryl methyl sites for hydroxylation is 2. The third-order valence-corrected chi connectivity index (χ3v) is 7.08. The molecule has 2 aromatic heterocycles. The highest BCUT2D eigenvalue weighted by atomic mass is 32.2. The molecule has 162 valence electrons. The minimum atomic E-state index is -0.471. The molecule has 2 heterocycles. The Bertz CT molecular complexity index is 1190. The summed E-state index contributed by atoms with van der Waals surface area (Å²) >= 11 is 8.00. The summed E-state index contributed by atoms with van der Waals surface area (Å²) in [5, 5.41) is 4.51. The van der Waals surface area contributed by atoms with Crippen LogP contribution in [0, 0.1) is 24.7 Å². The van der Waals surface area contributed by atoms with Crippen molar-refractivity contribution in [3.63, 3.8) is 0 Å². The SMILES string of the molecule is C=CCn1c(C)cc(C(=O)COC(=O)CSc2nn(-c3ccccc3C)c(=S)s2)c1C. The summed E-state index contributed by atoms with van der Waals surface area (Å²) < 4.78 is 10.2. The van der Waals surface area contributed by atoms with E-state index in [9.17, 15) is 9.59 Å². The number of rotatable bonds is 9. The van der Waals surface area contributed by atoms with Crippen molar-refractivity contribution in [3.05, 3.63) is 69.5 Å². The average Bonchev–Trinajstić information content (AvgIpc) is 3.25. The van der Waals surface area contributed by atoms with Gasteiger partial charge in [0, 0.05) is 23.5 Å². The number of hydrogen-bond acceptors (Lipinski definition) is 7. The van der Waals surface area contributed by atoms with Crippen LogP contribution in [-0.4, -0.2) is 38.5 Å². The lowest BCUT2D eigenvalue weighted by atomic mass is 10.1. The van der Waals surface area contributed by atoms with Crippen LogP contribution in [0.3, 0.4) is 0 Å². The van der Waals surface area contributed by atoms with E-state index in [4.69, 9.17) is 17.0 Å². The molecule has 6 nitrogen and oxygen atoms in total. The van der Waals surface area contributed by atoms with Gasteiger partial charge >= 0.3 is 5.97 Å². The molecule has 0 N–H and O–H groups in total. The highest BCUT2D eigenvalue weighted by Crippen LogP contribution is 2.25. The number of carbonyl (C=O) groups is 2. The lowest BCUT2D eigenvalue weighted by molar-refractivity contribution is -0.139. The Balaban J connectivity index is 1.57. The number of ether oxygens (including phenoxy) is 1. The van der Waals surface area contributed by atoms with E-state index in [0.717, 1.165) is 22.6 Å². The van der Waals surface area contributed by atoms with E-state index in [1.165, 1.54) is 23.1 Å². The van der Waals surface area contributed by atoms with Crippen molar-refractivity contribution < 1.29 is 14.3 Å². The second kappa shape index (κ2) is 10.2. The molecule has 3 rings (SSSR count). The molecule has 0 atom stereocenters. The van der Waals surface area contributed by atoms with Gasteiger partial charge in [-0.05, 0) is 50.7 Å². The molecule has 1 aromatic carbocycles. The van der Waals surface area contributed by atoms with Gasteiger partial charge in [-0.25, -0.2) is 4.68 Å². The van der Waals surface area contributed by atoms with E-state index in [2.05, 4.69) is 11.7 Å². The molecule has 9 heteroatoms. The lowest BCUT2D eigenvalue weighted by Crippen LogP contribution is -2.16. The van der Waals surface area contributed by atoms with Gasteiger partial charge in [0.25, 0.3) is 0 Å². The summed E-state index contributed by atoms with van der Waals surface area (Å²) in [5.41, 5.74) is 4.35. The second-order valence-corrected chi connectivity index (χ2v) is 9.73. The monoisotopic (exact) mass is 473 g/mol. The van der Waals surface area contributed by atoms with Gasteiger partial charge in [-0.1, -0.05) is 47.4 Å². The Morgan fingerprint density at radius 2 is 2.03 bits per heavy atom. The molecule has 31 heavy (non-hydrogen) atoms. The van der Waals surface area contributed by atoms with Gasteiger partial charge in [-0.2, -0.15) is 0 Å². The molecule has 0 aliphatic heterocycles. The number of hydrogen-bond donors (Lipinski definition) is 0. The molecule has 0 aliphatic rings. The Kier molecular flexibility index (Phi) is 7.64. The minimum Gasteiger partial charge on any atom is -0.457 e. The van der Waals surface area contributed by atoms with Crippen molar-refractivity contribution >= 4 is 47.1 Å². The number of benzene rings is 1. The van der Waals surface area contributed by atoms with Crippen LogP contribution in [0.25, 0.3) is 5.69 Å². The fraction of sp³-hybridized carbons (Fsp3) is 0.273. The van der Waals surface area contributed by atoms with E-state index in [1.54, 1.807) is 10.8 Å². The number of para-hydroxylation sites is 1. The molecule has 0 unspecified atom stereocenters. The first kappa shape index (κ1) is 23.2. The van der Waals surface area contributed by atoms with E-state index in [-0.39, 0.29) is 18.1 Å². The molecule has 0 aliphatic carbocycles. The molecule has 0 amide bonds. The molecule has 0 bridgehead atoms. The summed E-state index contributed by atoms with van der Waals surface area (Å²) in [5.74, 6) is -0.637. The maximum Gasteiger partial charge on any atom is 0.316 e. The van der Waals surface area contributed by atoms with Crippen LogP contribution in [-0.2, 0) is 16.1 Å². The summed E-state index contributed by atoms with van der Waals surface area (Å²) in [4.78, 5) is 24.7. The lowest BCUT2D eigenvalue weighted by Gasteiger charge is -2.06. The maximum atomic E-state index is 12.5. The normalized spacial score (nSPS) is 10.8. The van der Waals surface area contributed by atoms with Gasteiger partial charge in [0.2, 0.25) is 5.78 Å². The van der Waals surface area contributed by atoms with Crippen molar-refractivity contribution in [2.45, 2.75) is 31.7 Å². The number of thioether (sulfide) groups is 1. The molecular weight excluding hydrogens is 450 g/mol. The van der Waals surface area contributed by atoms with Gasteiger partial charge in [0.1, 0.15) is 0 Å². The number of allylic oxidation sites excluding steroid dienone is 1. The van der Waals surface area contributed by atoms with Gasteiger partial charge in [-0.3, -0.25) is 9.59 Å². The molecule has 3 aromatic rings. The van der Waals surface area contributed by atoms with Crippen molar-refractivity contribution in [1.29, 1.82) is 0 Å². The third-order valence-electron chi connectivity index (χ3n) is 4.74. The number of aromatic nitrogens is 3. The summed E-state index contributed by atoms with van der Waals surface area (Å²) in [6, 6.07) is 9.64. The van der Waals surface area contributed by atoms with Gasteiger partial charge < -0.3 is 9.30 Å². The smallest absolute Gasteiger partial charge is 0.316 e. The van der Waals surface area contributed by atoms with Crippen LogP contribution >= 0.6 is 35.3 Å². The van der Waals surface area contributed by atoms with Crippen molar-refractivity contribution in [2.75, 3.05) is 12.4 Å². The Morgan fingerprint density at radius 1 is 1.29 bits per heavy atom. The molecule has 0 radical (unpaired) electrons. The predicted molar refractivity (Wildman–Crippen MR) is 127 cm³/mol. The number of ketones is 1. The van der Waals surface area contributed by atoms with Crippen molar-refractivity contribution in [3.8, 4) is 5.69 Å². The first-order valence-corrected chi connectivity index (χ1v) is 11.8. The molecule has 0 saturated carbocycles. The van der Waals surface area contributed by atoms with E-state index < -0.39 is 5.97 Å². The van der Waals surface area contributed by atoms with E-state index >= 15 is 0 Å². The number of carbonyl (C=O) groups excluding carboxylic acids is 2. The zero-order valence-electron chi connectivity index (χ0n) is 17.6. The van der Waals surface area contributed by atoms with Crippen LogP contribution in [0.5, 0.6) is 0 Å². The third kappa shape index (κ3) is 5.41. The largest absolute Gasteiger partial charge is 0.457 e. The standard InChI is InChI=1S/C22H23N3O3S3/c1-5-10-24-15(3)11-17(16(24)4)19(26)12-28-20(27)13-30-21-23-25(22(29)31-21)18-9-7-6-8-14(18)2/h5-9,11H,1,10,12-13H2,2-4H3. The highest BCUT2D eigenvalue weighted by molar-refractivity contribution is 8.01. The fourth-order valence-electron chi connectivity index (χ4n) is 3.15. The summed E-state index contributed by atoms with van der Waals surface area (Å²) in [6.07, 6.45) is 1.78. The van der Waals surface area contributed by atoms with Crippen LogP contribution in [0.2, 0.25) is 0 Å². The summed E-state index contributed by atoms with van der Waals surface area (Å²) in [7, 11) is 0. The highest BCUT2D eigenvalue weighted by Gasteiger charge is 2.17. The Hall–Kier alpha value is -2.49. The second-order valence-electron chi connectivity index (χ2n) is 6.89. The maximum absolute atomic E-state index is 12.5. The predicted octanol–water partition coefficient (Wildman–Crippen LogP) is 5.09. The Morgan fingerprint density at radius 3 is 2.74 bits per heavy atom. The Labute approximate surface area is 194 Å². The first-order valence-electron chi connectivity index (χ1n) is 9.57. The van der Waals surface area contributed by atoms with E-state index in [1.807, 2.05) is 55.7 Å². The van der Waals surface area contributed by atoms with Crippen molar-refractivity contribution in [1.82, 2.24) is 14.3 Å². The number of nitrogens with zero attached hydrogens (tertiary/aromatic N) is 3. The van der Waals surface area contributed by atoms with Gasteiger partial charge in [0.05, 0.1) is 11.4 Å². The topological polar surface area (TPSA) is 66.1 Å². The fourth-order valence-corrected chi connectivity index (χ4v) is 5.30. The minimum absolute atomic E-state index is 0.0544. The van der Waals surface area contributed by atoms with Gasteiger partial charge in [0.15, 0.2) is 14.9 Å². The van der Waals surface area contributed by atoms with E-state index in [0.29, 0.717) is 20.4 Å². The van der Waals surface area contributed by atoms with Gasteiger partial charge in [-0.15, -0.1) is 11.7 Å². The quantitative estimate of drug-likeness (QED) is 0.142. The van der Waals surface area contributed by atoms with Crippen LogP contribution < -0.4 is 0 Å². The van der Waals surface area contributed by atoms with Crippen LogP contribution in [0.1, 0.15) is 27.3 Å². The average molecular weight is 474 g/mol. The molecular formula is C22H23N3O3S3. The zero-order valence-corrected chi connectivity index (χ0v) is 20.0. The molecule has 0 spiro atoms. The number of esters is 1. The van der Waals surface area contributed by atoms with Crippen LogP contribution in [0.4, 0.5) is 0 Å². The van der Waals surface area contributed by atoms with Crippen LogP contribution in [0.15, 0.2) is 47.3 Å². The van der Waals surface area contributed by atoms with Crippen molar-refractivity contribution in [2.24, 2.45) is 0 Å².